The molecule has 0 saturated carbocycles. The van der Waals surface area contributed by atoms with E-state index in [9.17, 15) is 14.4 Å². The van der Waals surface area contributed by atoms with E-state index in [0.717, 1.165) is 11.8 Å². The Labute approximate surface area is 72.5 Å². The summed E-state index contributed by atoms with van der Waals surface area (Å²) in [5.74, 6) is -2.42. The third-order valence-corrected chi connectivity index (χ3v) is 2.75. The molecule has 1 heterocycles. The van der Waals surface area contributed by atoms with Crippen molar-refractivity contribution in [3.05, 3.63) is 0 Å². The van der Waals surface area contributed by atoms with Crippen molar-refractivity contribution in [2.45, 2.75) is 12.2 Å². The molecule has 6 heteroatoms. The Hall–Kier alpha value is -1.04. The van der Waals surface area contributed by atoms with E-state index in [1.807, 2.05) is 5.32 Å². The zero-order valence-electron chi connectivity index (χ0n) is 6.23. The predicted octanol–water partition coefficient (Wildman–Crippen LogP) is 0.0587. The van der Waals surface area contributed by atoms with Gasteiger partial charge in [0, 0.05) is 0 Å². The highest BCUT2D eigenvalue weighted by Crippen LogP contribution is 2.25. The van der Waals surface area contributed by atoms with Gasteiger partial charge < -0.3 is 5.11 Å². The Bertz CT molecular complexity index is 252. The maximum Gasteiger partial charge on any atom is 0.307 e. The Morgan fingerprint density at radius 1 is 1.67 bits per heavy atom. The van der Waals surface area contributed by atoms with Crippen LogP contribution in [-0.2, 0) is 9.59 Å². The van der Waals surface area contributed by atoms with Crippen LogP contribution in [0, 0.1) is 5.92 Å². The van der Waals surface area contributed by atoms with Crippen molar-refractivity contribution in [3.8, 4) is 0 Å². The number of carboxylic acids is 1. The Balaban J connectivity index is 2.70. The number of hydrogen-bond donors (Lipinski definition) is 2. The molecular weight excluding hydrogens is 182 g/mol. The number of carbonyl (C=O) groups is 3. The zero-order valence-corrected chi connectivity index (χ0v) is 7.05. The molecule has 0 aromatic heterocycles. The van der Waals surface area contributed by atoms with Crippen LogP contribution in [0.4, 0.5) is 4.79 Å². The van der Waals surface area contributed by atoms with Crippen LogP contribution in [0.3, 0.4) is 0 Å². The largest absolute Gasteiger partial charge is 0.481 e. The lowest BCUT2D eigenvalue weighted by molar-refractivity contribution is -0.142. The maximum atomic E-state index is 10.9. The lowest BCUT2D eigenvalue weighted by atomic mass is 10.1. The van der Waals surface area contributed by atoms with Gasteiger partial charge in [0.1, 0.15) is 5.25 Å². The lowest BCUT2D eigenvalue weighted by Gasteiger charge is -2.08. The summed E-state index contributed by atoms with van der Waals surface area (Å²) >= 11 is 0.730. The predicted molar refractivity (Wildman–Crippen MR) is 41.7 cm³/mol. The molecular formula is C6H7NO4S. The van der Waals surface area contributed by atoms with Crippen molar-refractivity contribution in [1.82, 2.24) is 5.32 Å². The van der Waals surface area contributed by atoms with Gasteiger partial charge in [0.15, 0.2) is 0 Å². The van der Waals surface area contributed by atoms with Gasteiger partial charge in [-0.2, -0.15) is 0 Å². The van der Waals surface area contributed by atoms with Crippen molar-refractivity contribution in [1.29, 1.82) is 0 Å². The van der Waals surface area contributed by atoms with Gasteiger partial charge in [-0.3, -0.25) is 19.7 Å². The fraction of sp³-hybridized carbons (Fsp3) is 0.500. The normalized spacial score (nSPS) is 25.2. The summed E-state index contributed by atoms with van der Waals surface area (Å²) < 4.78 is 0. The average Bonchev–Trinajstić information content (AvgIpc) is 2.28. The molecule has 0 aromatic carbocycles. The van der Waals surface area contributed by atoms with E-state index < -0.39 is 28.3 Å². The van der Waals surface area contributed by atoms with Gasteiger partial charge in [-0.25, -0.2) is 0 Å². The number of imide groups is 1. The fourth-order valence-corrected chi connectivity index (χ4v) is 1.71. The lowest BCUT2D eigenvalue weighted by Crippen LogP contribution is -2.32. The molecule has 2 amide bonds. The number of thioether (sulfide) groups is 1. The van der Waals surface area contributed by atoms with Crippen LogP contribution in [0.15, 0.2) is 0 Å². The molecule has 0 aliphatic carbocycles. The smallest absolute Gasteiger partial charge is 0.307 e. The van der Waals surface area contributed by atoms with Gasteiger partial charge in [0.05, 0.1) is 5.92 Å². The molecule has 1 aliphatic rings. The summed E-state index contributed by atoms with van der Waals surface area (Å²) in [6.07, 6.45) is 0. The number of carbonyl (C=O) groups excluding carboxylic acids is 2. The van der Waals surface area contributed by atoms with Crippen molar-refractivity contribution in [3.63, 3.8) is 0 Å². The molecule has 2 atom stereocenters. The van der Waals surface area contributed by atoms with Crippen molar-refractivity contribution < 1.29 is 19.5 Å². The quantitative estimate of drug-likeness (QED) is 0.641. The van der Waals surface area contributed by atoms with Crippen LogP contribution in [0.2, 0.25) is 0 Å². The van der Waals surface area contributed by atoms with Gasteiger partial charge in [-0.15, -0.1) is 0 Å². The Kier molecular flexibility index (Phi) is 2.37. The molecule has 5 nitrogen and oxygen atoms in total. The van der Waals surface area contributed by atoms with E-state index in [1.165, 1.54) is 6.92 Å². The van der Waals surface area contributed by atoms with E-state index in [1.54, 1.807) is 0 Å². The van der Waals surface area contributed by atoms with Gasteiger partial charge in [-0.05, 0) is 0 Å². The van der Waals surface area contributed by atoms with E-state index in [-0.39, 0.29) is 0 Å². The topological polar surface area (TPSA) is 83.5 Å². The molecule has 0 radical (unpaired) electrons. The van der Waals surface area contributed by atoms with Crippen LogP contribution in [-0.4, -0.2) is 27.5 Å². The number of nitrogens with one attached hydrogen (secondary N) is 1. The molecule has 1 saturated heterocycles. The monoisotopic (exact) mass is 189 g/mol. The number of rotatable bonds is 2. The van der Waals surface area contributed by atoms with Crippen LogP contribution < -0.4 is 5.32 Å². The summed E-state index contributed by atoms with van der Waals surface area (Å²) in [7, 11) is 0. The first kappa shape index (κ1) is 9.05. The summed E-state index contributed by atoms with van der Waals surface area (Å²) in [6, 6.07) is 0. The molecule has 12 heavy (non-hydrogen) atoms. The SMILES string of the molecule is C[C@@H](C(=O)O)[C@@H]1SC(=O)NC1=O. The van der Waals surface area contributed by atoms with Crippen molar-refractivity contribution in [2.24, 2.45) is 5.92 Å². The Morgan fingerprint density at radius 2 is 2.25 bits per heavy atom. The van der Waals surface area contributed by atoms with Crippen LogP contribution in [0.25, 0.3) is 0 Å². The highest BCUT2D eigenvalue weighted by atomic mass is 32.2. The van der Waals surface area contributed by atoms with Crippen molar-refractivity contribution >= 4 is 28.9 Å². The highest BCUT2D eigenvalue weighted by Gasteiger charge is 2.38. The first-order valence-corrected chi connectivity index (χ1v) is 4.14. The Morgan fingerprint density at radius 3 is 2.58 bits per heavy atom. The maximum absolute atomic E-state index is 10.9. The summed E-state index contributed by atoms with van der Waals surface area (Å²) in [4.78, 5) is 32.0. The van der Waals surface area contributed by atoms with Gasteiger partial charge in [0.25, 0.3) is 5.24 Å². The van der Waals surface area contributed by atoms with E-state index in [4.69, 9.17) is 5.11 Å². The second-order valence-corrected chi connectivity index (χ2v) is 3.56. The summed E-state index contributed by atoms with van der Waals surface area (Å²) in [5.41, 5.74) is 0. The molecule has 0 spiro atoms. The molecule has 1 rings (SSSR count). The van der Waals surface area contributed by atoms with Gasteiger partial charge in [0.2, 0.25) is 5.91 Å². The minimum Gasteiger partial charge on any atom is -0.481 e. The van der Waals surface area contributed by atoms with Gasteiger partial charge >= 0.3 is 5.97 Å². The highest BCUT2D eigenvalue weighted by molar-refractivity contribution is 8.15. The average molecular weight is 189 g/mol. The van der Waals surface area contributed by atoms with E-state index in [0.29, 0.717) is 0 Å². The molecule has 0 unspecified atom stereocenters. The van der Waals surface area contributed by atoms with Crippen LogP contribution >= 0.6 is 11.8 Å². The number of aliphatic carboxylic acids is 1. The zero-order chi connectivity index (χ0) is 9.30. The minimum absolute atomic E-state index is 0.474. The molecule has 0 bridgehead atoms. The second kappa shape index (κ2) is 3.14. The second-order valence-electron chi connectivity index (χ2n) is 2.44. The van der Waals surface area contributed by atoms with E-state index >= 15 is 0 Å². The third kappa shape index (κ3) is 1.58. The molecule has 1 fully saturated rings. The first-order chi connectivity index (χ1) is 5.52. The van der Waals surface area contributed by atoms with E-state index in [2.05, 4.69) is 0 Å². The third-order valence-electron chi connectivity index (χ3n) is 1.56. The molecule has 0 aromatic rings. The van der Waals surface area contributed by atoms with Crippen LogP contribution in [0.1, 0.15) is 6.92 Å². The van der Waals surface area contributed by atoms with Crippen molar-refractivity contribution in [2.75, 3.05) is 0 Å². The number of amides is 2. The summed E-state index contributed by atoms with van der Waals surface area (Å²) in [5, 5.41) is 9.31. The molecule has 66 valence electrons. The minimum atomic E-state index is -1.07. The number of hydrogen-bond acceptors (Lipinski definition) is 4. The fourth-order valence-electron chi connectivity index (χ4n) is 0.829. The first-order valence-electron chi connectivity index (χ1n) is 3.26. The standard InChI is InChI=1S/C6H7NO4S/c1-2(5(9)10)3-4(8)7-6(11)12-3/h2-3H,1H3,(H,9,10)(H,7,8,11)/t2-,3+/m1/s1. The molecule has 2 N–H and O–H groups in total. The summed E-state index contributed by atoms with van der Waals surface area (Å²) in [6.45, 7) is 1.40. The number of carboxylic acid groups (broad SMARTS) is 1. The van der Waals surface area contributed by atoms with Gasteiger partial charge in [-0.1, -0.05) is 18.7 Å². The van der Waals surface area contributed by atoms with Crippen LogP contribution in [0.5, 0.6) is 0 Å². The molecule has 1 aliphatic heterocycles.